The van der Waals surface area contributed by atoms with E-state index in [-0.39, 0.29) is 6.61 Å². The van der Waals surface area contributed by atoms with E-state index in [0.717, 1.165) is 0 Å². The second-order valence-corrected chi connectivity index (χ2v) is 4.19. The Bertz CT molecular complexity index is 491. The number of aliphatic hydroxyl groups excluding tert-OH is 2. The molecular weight excluding hydrogens is 254 g/mol. The van der Waals surface area contributed by atoms with E-state index >= 15 is 0 Å². The van der Waals surface area contributed by atoms with Gasteiger partial charge in [0, 0.05) is 20.4 Å². The Balaban J connectivity index is 2.33. The summed E-state index contributed by atoms with van der Waals surface area (Å²) in [5.74, 6) is 0.437. The van der Waals surface area contributed by atoms with Gasteiger partial charge in [0.2, 0.25) is 0 Å². The molecule has 19 heavy (non-hydrogen) atoms. The zero-order chi connectivity index (χ0) is 14.0. The number of ether oxygens (including phenoxy) is 2. The highest BCUT2D eigenvalue weighted by atomic mass is 16.6. The molecule has 0 amide bonds. The molecule has 1 aliphatic rings. The number of hydrogen-bond donors (Lipinski definition) is 3. The van der Waals surface area contributed by atoms with Crippen molar-refractivity contribution in [2.45, 2.75) is 24.5 Å². The number of aliphatic hydroxyl groups is 2. The number of hydrogen-bond acceptors (Lipinski definition) is 7. The number of methoxy groups -OCH3 is 1. The third kappa shape index (κ3) is 2.47. The van der Waals surface area contributed by atoms with Gasteiger partial charge < -0.3 is 25.0 Å². The Morgan fingerprint density at radius 2 is 2.37 bits per heavy atom. The van der Waals surface area contributed by atoms with E-state index < -0.39 is 30.2 Å². The number of rotatable bonds is 4. The van der Waals surface area contributed by atoms with Crippen molar-refractivity contribution >= 4 is 5.82 Å². The molecule has 0 saturated carbocycles. The van der Waals surface area contributed by atoms with Crippen molar-refractivity contribution in [3.05, 3.63) is 22.7 Å². The zero-order valence-corrected chi connectivity index (χ0v) is 10.7. The second kappa shape index (κ2) is 5.66. The third-order valence-corrected chi connectivity index (χ3v) is 3.13. The second-order valence-electron chi connectivity index (χ2n) is 4.19. The molecule has 1 saturated heterocycles. The maximum atomic E-state index is 11.9. The molecule has 1 unspecified atom stereocenters. The summed E-state index contributed by atoms with van der Waals surface area (Å²) in [5, 5.41) is 21.8. The highest BCUT2D eigenvalue weighted by molar-refractivity contribution is 5.30. The largest absolute Gasteiger partial charge is 0.394 e. The first kappa shape index (κ1) is 13.9. The van der Waals surface area contributed by atoms with Crippen LogP contribution in [0.25, 0.3) is 0 Å². The van der Waals surface area contributed by atoms with Crippen LogP contribution in [0.4, 0.5) is 5.82 Å². The minimum Gasteiger partial charge on any atom is -0.394 e. The van der Waals surface area contributed by atoms with Crippen LogP contribution in [0.5, 0.6) is 0 Å². The molecule has 0 radical (unpaired) electrons. The van der Waals surface area contributed by atoms with E-state index in [4.69, 9.17) is 14.6 Å². The summed E-state index contributed by atoms with van der Waals surface area (Å²) in [6.45, 7) is -0.353. The van der Waals surface area contributed by atoms with Crippen molar-refractivity contribution < 1.29 is 19.7 Å². The molecule has 106 valence electrons. The van der Waals surface area contributed by atoms with Crippen LogP contribution in [-0.4, -0.2) is 58.8 Å². The van der Waals surface area contributed by atoms with Gasteiger partial charge in [-0.1, -0.05) is 0 Å². The van der Waals surface area contributed by atoms with Crippen LogP contribution < -0.4 is 11.0 Å². The molecule has 2 rings (SSSR count). The molecule has 1 aromatic heterocycles. The average molecular weight is 271 g/mol. The van der Waals surface area contributed by atoms with E-state index in [2.05, 4.69) is 10.3 Å². The monoisotopic (exact) mass is 271 g/mol. The molecule has 8 heteroatoms. The molecule has 1 aromatic rings. The van der Waals surface area contributed by atoms with Crippen molar-refractivity contribution in [1.29, 1.82) is 0 Å². The molecule has 0 aliphatic carbocycles. The number of anilines is 1. The molecule has 2 heterocycles. The molecule has 8 nitrogen and oxygen atoms in total. The van der Waals surface area contributed by atoms with Crippen molar-refractivity contribution in [3.8, 4) is 0 Å². The van der Waals surface area contributed by atoms with Gasteiger partial charge in [0.05, 0.1) is 6.61 Å². The lowest BCUT2D eigenvalue weighted by atomic mass is 10.1. The lowest BCUT2D eigenvalue weighted by Gasteiger charge is -2.20. The van der Waals surface area contributed by atoms with Gasteiger partial charge in [-0.3, -0.25) is 4.57 Å². The molecular formula is C11H17N3O5. The lowest BCUT2D eigenvalue weighted by molar-refractivity contribution is -0.0624. The number of nitrogens with zero attached hydrogens (tertiary/aromatic N) is 2. The third-order valence-electron chi connectivity index (χ3n) is 3.13. The van der Waals surface area contributed by atoms with E-state index in [1.165, 1.54) is 17.9 Å². The maximum Gasteiger partial charge on any atom is 0.351 e. The fourth-order valence-electron chi connectivity index (χ4n) is 2.09. The van der Waals surface area contributed by atoms with Crippen LogP contribution in [0.2, 0.25) is 0 Å². The minimum atomic E-state index is -1.00. The summed E-state index contributed by atoms with van der Waals surface area (Å²) in [6, 6.07) is 1.61. The fraction of sp³-hybridized carbons (Fsp3) is 0.636. The van der Waals surface area contributed by atoms with Crippen LogP contribution in [0.15, 0.2) is 17.1 Å². The van der Waals surface area contributed by atoms with Gasteiger partial charge in [0.1, 0.15) is 24.1 Å². The van der Waals surface area contributed by atoms with Crippen molar-refractivity contribution in [1.82, 2.24) is 9.55 Å². The van der Waals surface area contributed by atoms with Gasteiger partial charge in [-0.15, -0.1) is 0 Å². The predicted octanol–water partition coefficient (Wildman–Crippen LogP) is -1.45. The van der Waals surface area contributed by atoms with E-state index in [9.17, 15) is 9.90 Å². The number of nitrogens with one attached hydrogen (secondary N) is 1. The van der Waals surface area contributed by atoms with Crippen LogP contribution in [0, 0.1) is 0 Å². The van der Waals surface area contributed by atoms with Gasteiger partial charge in [-0.25, -0.2) is 4.79 Å². The summed E-state index contributed by atoms with van der Waals surface area (Å²) in [5.41, 5.74) is -0.523. The quantitative estimate of drug-likeness (QED) is 0.615. The fourth-order valence-corrected chi connectivity index (χ4v) is 2.09. The summed E-state index contributed by atoms with van der Waals surface area (Å²) < 4.78 is 11.8. The Morgan fingerprint density at radius 1 is 1.63 bits per heavy atom. The van der Waals surface area contributed by atoms with Crippen molar-refractivity contribution in [2.24, 2.45) is 0 Å². The first-order valence-electron chi connectivity index (χ1n) is 5.86. The van der Waals surface area contributed by atoms with E-state index in [1.54, 1.807) is 13.1 Å². The van der Waals surface area contributed by atoms with Gasteiger partial charge in [0.25, 0.3) is 0 Å². The normalized spacial score (nSPS) is 30.5. The van der Waals surface area contributed by atoms with Crippen LogP contribution >= 0.6 is 0 Å². The van der Waals surface area contributed by atoms with E-state index in [1.807, 2.05) is 0 Å². The van der Waals surface area contributed by atoms with Crippen molar-refractivity contribution in [3.63, 3.8) is 0 Å². The zero-order valence-electron chi connectivity index (χ0n) is 10.7. The van der Waals surface area contributed by atoms with Gasteiger partial charge in [0.15, 0.2) is 6.23 Å². The van der Waals surface area contributed by atoms with Crippen LogP contribution in [0.1, 0.15) is 6.23 Å². The minimum absolute atomic E-state index is 0.353. The Labute approximate surface area is 109 Å². The smallest absolute Gasteiger partial charge is 0.351 e. The lowest BCUT2D eigenvalue weighted by Crippen LogP contribution is -2.37. The molecule has 0 bridgehead atoms. The van der Waals surface area contributed by atoms with Crippen LogP contribution in [0.3, 0.4) is 0 Å². The van der Waals surface area contributed by atoms with Crippen LogP contribution in [-0.2, 0) is 9.47 Å². The molecule has 4 atom stereocenters. The Hall–Kier alpha value is -1.48. The summed E-state index contributed by atoms with van der Waals surface area (Å²) >= 11 is 0. The van der Waals surface area contributed by atoms with Gasteiger partial charge in [-0.2, -0.15) is 4.98 Å². The molecule has 1 fully saturated rings. The predicted molar refractivity (Wildman–Crippen MR) is 65.8 cm³/mol. The highest BCUT2D eigenvalue weighted by Gasteiger charge is 2.45. The summed E-state index contributed by atoms with van der Waals surface area (Å²) in [6.07, 6.45) is -1.84. The first-order valence-corrected chi connectivity index (χ1v) is 5.86. The SMILES string of the molecule is CNc1ccn([C@@H]2O[C@H](CO)[C@H](O)C2OC)c(=O)n1. The molecule has 3 N–H and O–H groups in total. The number of aromatic nitrogens is 2. The summed E-state index contributed by atoms with van der Waals surface area (Å²) in [4.78, 5) is 15.7. The van der Waals surface area contributed by atoms with Gasteiger partial charge in [-0.05, 0) is 6.07 Å². The van der Waals surface area contributed by atoms with Crippen molar-refractivity contribution in [2.75, 3.05) is 26.1 Å². The Morgan fingerprint density at radius 3 is 2.89 bits per heavy atom. The van der Waals surface area contributed by atoms with E-state index in [0.29, 0.717) is 5.82 Å². The Kier molecular flexibility index (Phi) is 4.15. The highest BCUT2D eigenvalue weighted by Crippen LogP contribution is 2.30. The molecule has 1 aliphatic heterocycles. The molecule has 0 spiro atoms. The summed E-state index contributed by atoms with van der Waals surface area (Å²) in [7, 11) is 3.06. The average Bonchev–Trinajstić information content (AvgIpc) is 2.74. The maximum absolute atomic E-state index is 11.9. The van der Waals surface area contributed by atoms with Gasteiger partial charge >= 0.3 is 5.69 Å². The molecule has 0 aromatic carbocycles. The standard InChI is InChI=1S/C11H17N3O5/c1-12-7-3-4-14(11(17)13-7)10-9(18-2)8(16)6(5-15)19-10/h3-4,6,8-10,15-16H,5H2,1-2H3,(H,12,13,17)/t6-,8+,9?,10-/m1/s1. The topological polar surface area (TPSA) is 106 Å². The first-order chi connectivity index (χ1) is 9.12.